The van der Waals surface area contributed by atoms with Crippen molar-refractivity contribution in [3.05, 3.63) is 82.4 Å². The average Bonchev–Trinajstić information content (AvgIpc) is 3.54. The lowest BCUT2D eigenvalue weighted by atomic mass is 9.96. The van der Waals surface area contributed by atoms with Gasteiger partial charge in [0.15, 0.2) is 5.11 Å². The summed E-state index contributed by atoms with van der Waals surface area (Å²) >= 11 is 5.83. The number of aromatic carboxylic acids is 1. The van der Waals surface area contributed by atoms with E-state index in [0.717, 1.165) is 59.9 Å². The fourth-order valence-electron chi connectivity index (χ4n) is 5.39. The van der Waals surface area contributed by atoms with E-state index in [2.05, 4.69) is 39.7 Å². The number of pyridine rings is 1. The monoisotopic (exact) mass is 490 g/mol. The summed E-state index contributed by atoms with van der Waals surface area (Å²) in [6.45, 7) is 7.67. The van der Waals surface area contributed by atoms with E-state index in [1.807, 2.05) is 37.4 Å². The molecular formula is C27H30N4O3S. The molecule has 0 spiro atoms. The van der Waals surface area contributed by atoms with E-state index >= 15 is 0 Å². The first-order valence-corrected chi connectivity index (χ1v) is 12.4. The van der Waals surface area contributed by atoms with Crippen molar-refractivity contribution >= 4 is 23.3 Å². The molecular weight excluding hydrogens is 460 g/mol. The number of hydrogen-bond donors (Lipinski definition) is 2. The van der Waals surface area contributed by atoms with Gasteiger partial charge in [-0.15, -0.1) is 0 Å². The van der Waals surface area contributed by atoms with Crippen molar-refractivity contribution < 1.29 is 14.6 Å². The van der Waals surface area contributed by atoms with Crippen LogP contribution in [0.1, 0.15) is 63.5 Å². The highest BCUT2D eigenvalue weighted by Crippen LogP contribution is 2.42. The Balaban J connectivity index is 1.62. The molecule has 1 aromatic carbocycles. The highest BCUT2D eigenvalue weighted by Gasteiger charge is 2.42. The van der Waals surface area contributed by atoms with Crippen LogP contribution in [0.3, 0.4) is 0 Å². The van der Waals surface area contributed by atoms with Crippen molar-refractivity contribution in [2.45, 2.75) is 51.8 Å². The maximum atomic E-state index is 11.7. The molecule has 0 radical (unpaired) electrons. The van der Waals surface area contributed by atoms with E-state index in [1.165, 1.54) is 0 Å². The van der Waals surface area contributed by atoms with Crippen molar-refractivity contribution in [2.24, 2.45) is 0 Å². The third kappa shape index (κ3) is 4.32. The fourth-order valence-corrected chi connectivity index (χ4v) is 5.70. The first-order chi connectivity index (χ1) is 16.8. The summed E-state index contributed by atoms with van der Waals surface area (Å²) in [6, 6.07) is 13.2. The molecule has 35 heavy (non-hydrogen) atoms. The van der Waals surface area contributed by atoms with E-state index in [0.29, 0.717) is 5.11 Å². The number of aryl methyl sites for hydroxylation is 2. The minimum atomic E-state index is -0.933. The number of hydrogen-bond acceptors (Lipinski definition) is 4. The highest BCUT2D eigenvalue weighted by molar-refractivity contribution is 7.80. The Morgan fingerprint density at radius 3 is 2.74 bits per heavy atom. The molecule has 2 aromatic heterocycles. The second-order valence-corrected chi connectivity index (χ2v) is 9.77. The van der Waals surface area contributed by atoms with Gasteiger partial charge >= 0.3 is 5.97 Å². The van der Waals surface area contributed by atoms with Gasteiger partial charge < -0.3 is 24.6 Å². The smallest absolute Gasteiger partial charge is 0.335 e. The molecule has 2 aliphatic heterocycles. The summed E-state index contributed by atoms with van der Waals surface area (Å²) in [7, 11) is 0. The van der Waals surface area contributed by atoms with E-state index in [4.69, 9.17) is 17.0 Å². The van der Waals surface area contributed by atoms with Gasteiger partial charge in [-0.3, -0.25) is 4.98 Å². The standard InChI is InChI=1S/C27H30N4O3S/c1-16-9-10-19(26(32)33)14-23(16)31-17(2)13-21(18(31)3)25-24(22-8-4-5-11-28-22)29-27(35)30(25)15-20-7-6-12-34-20/h4-5,8-11,13-14,20,24-25H,6-7,12,15H2,1-3H3,(H,29,35)(H,32,33)/t20-,24+,25+/m0/s1. The zero-order chi connectivity index (χ0) is 24.7. The summed E-state index contributed by atoms with van der Waals surface area (Å²) in [4.78, 5) is 18.6. The van der Waals surface area contributed by atoms with Crippen molar-refractivity contribution in [1.82, 2.24) is 19.8 Å². The van der Waals surface area contributed by atoms with Crippen LogP contribution in [0.2, 0.25) is 0 Å². The topological polar surface area (TPSA) is 79.6 Å². The van der Waals surface area contributed by atoms with Crippen molar-refractivity contribution in [2.75, 3.05) is 13.2 Å². The number of ether oxygens (including phenoxy) is 1. The Labute approximate surface area is 210 Å². The zero-order valence-electron chi connectivity index (χ0n) is 20.2. The van der Waals surface area contributed by atoms with Crippen LogP contribution in [0.25, 0.3) is 5.69 Å². The number of carboxylic acids is 1. The minimum absolute atomic E-state index is 0.0653. The van der Waals surface area contributed by atoms with Gasteiger partial charge in [-0.05, 0) is 87.3 Å². The molecule has 3 aromatic rings. The minimum Gasteiger partial charge on any atom is -0.478 e. The lowest BCUT2D eigenvalue weighted by Gasteiger charge is -2.30. The van der Waals surface area contributed by atoms with Crippen LogP contribution >= 0.6 is 12.2 Å². The van der Waals surface area contributed by atoms with Crippen LogP contribution in [0, 0.1) is 20.8 Å². The number of rotatable bonds is 6. The predicted molar refractivity (Wildman–Crippen MR) is 138 cm³/mol. The molecule has 2 fully saturated rings. The third-order valence-corrected chi connectivity index (χ3v) is 7.46. The maximum Gasteiger partial charge on any atom is 0.335 e. The SMILES string of the molecule is Cc1ccc(C(=O)O)cc1-n1c(C)cc([C@@H]2[C@@H](c3ccccn3)NC(=S)N2C[C@@H]2CCCO2)c1C. The molecule has 0 amide bonds. The van der Waals surface area contributed by atoms with Crippen LogP contribution in [-0.2, 0) is 4.74 Å². The Hall–Kier alpha value is -3.23. The lowest BCUT2D eigenvalue weighted by Crippen LogP contribution is -2.36. The summed E-state index contributed by atoms with van der Waals surface area (Å²) in [6.07, 6.45) is 4.06. The Morgan fingerprint density at radius 1 is 1.23 bits per heavy atom. The Bertz CT molecular complexity index is 1270. The summed E-state index contributed by atoms with van der Waals surface area (Å²) in [5, 5.41) is 13.8. The second kappa shape index (κ2) is 9.43. The molecule has 0 unspecified atom stereocenters. The summed E-state index contributed by atoms with van der Waals surface area (Å²) in [5.74, 6) is -0.933. The molecule has 2 N–H and O–H groups in total. The molecule has 2 saturated heterocycles. The largest absolute Gasteiger partial charge is 0.478 e. The average molecular weight is 491 g/mol. The van der Waals surface area contributed by atoms with Crippen LogP contribution in [0.4, 0.5) is 0 Å². The second-order valence-electron chi connectivity index (χ2n) is 9.38. The number of nitrogens with one attached hydrogen (secondary N) is 1. The first-order valence-electron chi connectivity index (χ1n) is 12.0. The molecule has 0 bridgehead atoms. The number of aromatic nitrogens is 2. The van der Waals surface area contributed by atoms with E-state index in [-0.39, 0.29) is 23.8 Å². The quantitative estimate of drug-likeness (QED) is 0.487. The predicted octanol–water partition coefficient (Wildman–Crippen LogP) is 4.65. The number of thiocarbonyl (C=S) groups is 1. The fraction of sp³-hybridized carbons (Fsp3) is 0.370. The number of nitrogens with zero attached hydrogens (tertiary/aromatic N) is 3. The van der Waals surface area contributed by atoms with Gasteiger partial charge in [0, 0.05) is 36.4 Å². The van der Waals surface area contributed by atoms with Gasteiger partial charge in [-0.1, -0.05) is 12.1 Å². The number of carboxylic acid groups (broad SMARTS) is 1. The van der Waals surface area contributed by atoms with E-state index in [9.17, 15) is 9.90 Å². The normalized spacial score (nSPS) is 22.0. The molecule has 4 heterocycles. The maximum absolute atomic E-state index is 11.7. The first kappa shape index (κ1) is 23.5. The van der Waals surface area contributed by atoms with Gasteiger partial charge in [0.05, 0.1) is 29.4 Å². The molecule has 7 nitrogen and oxygen atoms in total. The van der Waals surface area contributed by atoms with E-state index < -0.39 is 5.97 Å². The van der Waals surface area contributed by atoms with Crippen molar-refractivity contribution in [1.29, 1.82) is 0 Å². The van der Waals surface area contributed by atoms with E-state index in [1.54, 1.807) is 12.1 Å². The summed E-state index contributed by atoms with van der Waals surface area (Å²) < 4.78 is 8.11. The number of benzene rings is 1. The molecule has 8 heteroatoms. The van der Waals surface area contributed by atoms with Gasteiger partial charge in [0.2, 0.25) is 0 Å². The van der Waals surface area contributed by atoms with Crippen molar-refractivity contribution in [3.8, 4) is 5.69 Å². The van der Waals surface area contributed by atoms with Crippen LogP contribution in [0.5, 0.6) is 0 Å². The number of carbonyl (C=O) groups is 1. The molecule has 182 valence electrons. The summed E-state index contributed by atoms with van der Waals surface area (Å²) in [5.41, 5.74) is 6.34. The molecule has 5 rings (SSSR count). The molecule has 0 aliphatic carbocycles. The van der Waals surface area contributed by atoms with Crippen molar-refractivity contribution in [3.63, 3.8) is 0 Å². The third-order valence-electron chi connectivity index (χ3n) is 7.11. The van der Waals surface area contributed by atoms with Crippen LogP contribution in [0.15, 0.2) is 48.7 Å². The Morgan fingerprint density at radius 2 is 2.06 bits per heavy atom. The van der Waals surface area contributed by atoms with Crippen LogP contribution < -0.4 is 5.32 Å². The van der Waals surface area contributed by atoms with Gasteiger partial charge in [0.1, 0.15) is 0 Å². The van der Waals surface area contributed by atoms with Gasteiger partial charge in [0.25, 0.3) is 0 Å². The molecule has 2 aliphatic rings. The molecule has 0 saturated carbocycles. The Kier molecular flexibility index (Phi) is 6.34. The van der Waals surface area contributed by atoms with Gasteiger partial charge in [-0.25, -0.2) is 4.79 Å². The highest BCUT2D eigenvalue weighted by atomic mass is 32.1. The zero-order valence-corrected chi connectivity index (χ0v) is 21.0. The van der Waals surface area contributed by atoms with Crippen LogP contribution in [-0.4, -0.2) is 49.9 Å². The van der Waals surface area contributed by atoms with Gasteiger partial charge in [-0.2, -0.15) is 0 Å². The molecule has 3 atom stereocenters. The lowest BCUT2D eigenvalue weighted by molar-refractivity contribution is 0.0696.